The van der Waals surface area contributed by atoms with Gasteiger partial charge in [0.2, 0.25) is 0 Å². The number of anilines is 2. The first-order chi connectivity index (χ1) is 14.8. The molecule has 0 atom stereocenters. The van der Waals surface area contributed by atoms with Gasteiger partial charge in [-0.05, 0) is 36.4 Å². The molecule has 3 aromatic rings. The normalized spacial score (nSPS) is 10.9. The third-order valence-electron chi connectivity index (χ3n) is 3.98. The first kappa shape index (κ1) is 22.0. The number of aromatic nitrogens is 1. The minimum Gasteiger partial charge on any atom is -0.334 e. The van der Waals surface area contributed by atoms with Crippen LogP contribution in [0, 0.1) is 0 Å². The molecule has 0 spiro atoms. The van der Waals surface area contributed by atoms with Crippen molar-refractivity contribution in [3.8, 4) is 10.6 Å². The molecule has 2 aromatic carbocycles. The number of nitrogens with zero attached hydrogens (tertiary/aromatic N) is 1. The highest BCUT2D eigenvalue weighted by atomic mass is 32.1. The fourth-order valence-corrected chi connectivity index (χ4v) is 3.31. The summed E-state index contributed by atoms with van der Waals surface area (Å²) >= 11 is 1.08. The lowest BCUT2D eigenvalue weighted by molar-refractivity contribution is -0.137. The van der Waals surface area contributed by atoms with Crippen LogP contribution in [0.25, 0.3) is 10.6 Å². The summed E-state index contributed by atoms with van der Waals surface area (Å²) in [4.78, 5) is 28.2. The Morgan fingerprint density at radius 3 is 2.39 bits per heavy atom. The minimum atomic E-state index is -4.46. The first-order valence-corrected chi connectivity index (χ1v) is 9.84. The van der Waals surface area contributed by atoms with Crippen LogP contribution in [0.4, 0.5) is 29.3 Å². The topological polar surface area (TPSA) is 83.1 Å². The van der Waals surface area contributed by atoms with E-state index in [0.29, 0.717) is 22.9 Å². The molecule has 3 rings (SSSR count). The Balaban J connectivity index is 1.65. The lowest BCUT2D eigenvalue weighted by atomic mass is 10.1. The van der Waals surface area contributed by atoms with Gasteiger partial charge in [0.1, 0.15) is 10.7 Å². The summed E-state index contributed by atoms with van der Waals surface area (Å²) in [6.07, 6.45) is -2.91. The molecule has 0 aliphatic heterocycles. The molecular weight excluding hydrogens is 429 g/mol. The van der Waals surface area contributed by atoms with Crippen molar-refractivity contribution in [2.24, 2.45) is 0 Å². The van der Waals surface area contributed by atoms with Crippen molar-refractivity contribution in [3.63, 3.8) is 0 Å². The second-order valence-electron chi connectivity index (χ2n) is 6.27. The molecule has 10 heteroatoms. The van der Waals surface area contributed by atoms with Gasteiger partial charge >= 0.3 is 12.2 Å². The summed E-state index contributed by atoms with van der Waals surface area (Å²) in [5.41, 5.74) is 0.584. The number of halogens is 3. The van der Waals surface area contributed by atoms with Crippen LogP contribution in [0.1, 0.15) is 16.1 Å². The lowest BCUT2D eigenvalue weighted by Crippen LogP contribution is -2.28. The fourth-order valence-electron chi connectivity index (χ4n) is 2.51. The van der Waals surface area contributed by atoms with Gasteiger partial charge in [-0.25, -0.2) is 9.78 Å². The number of rotatable bonds is 6. The molecule has 3 N–H and O–H groups in total. The summed E-state index contributed by atoms with van der Waals surface area (Å²) in [5, 5.41) is 9.63. The molecule has 0 saturated heterocycles. The predicted octanol–water partition coefficient (Wildman–Crippen LogP) is 5.39. The Bertz CT molecular complexity index is 1090. The Kier molecular flexibility index (Phi) is 6.71. The van der Waals surface area contributed by atoms with Gasteiger partial charge in [0.25, 0.3) is 5.91 Å². The molecule has 3 amide bonds. The van der Waals surface area contributed by atoms with E-state index >= 15 is 0 Å². The van der Waals surface area contributed by atoms with Gasteiger partial charge in [-0.15, -0.1) is 17.9 Å². The summed E-state index contributed by atoms with van der Waals surface area (Å²) in [5.74, 6) is -0.501. The Labute approximate surface area is 179 Å². The van der Waals surface area contributed by atoms with E-state index in [4.69, 9.17) is 0 Å². The molecule has 0 unspecified atom stereocenters. The van der Waals surface area contributed by atoms with Gasteiger partial charge in [-0.1, -0.05) is 18.2 Å². The van der Waals surface area contributed by atoms with Crippen molar-refractivity contribution in [1.29, 1.82) is 0 Å². The number of alkyl halides is 3. The van der Waals surface area contributed by atoms with Gasteiger partial charge in [0.05, 0.1) is 5.56 Å². The second kappa shape index (κ2) is 9.43. The monoisotopic (exact) mass is 446 g/mol. The van der Waals surface area contributed by atoms with E-state index in [2.05, 4.69) is 27.5 Å². The summed E-state index contributed by atoms with van der Waals surface area (Å²) in [6.45, 7) is 3.83. The number of hydrogen-bond donors (Lipinski definition) is 3. The number of hydrogen-bond acceptors (Lipinski definition) is 4. The van der Waals surface area contributed by atoms with Gasteiger partial charge in [-0.3, -0.25) is 4.79 Å². The van der Waals surface area contributed by atoms with Crippen molar-refractivity contribution < 1.29 is 22.8 Å². The third kappa shape index (κ3) is 5.92. The SMILES string of the molecule is C=CCNC(=O)Nc1ccc(NC(=O)c2csc(-c3cccc(C(F)(F)F)c3)n2)cc1. The maximum absolute atomic E-state index is 12.9. The number of benzene rings is 2. The van der Waals surface area contributed by atoms with Crippen molar-refractivity contribution in [2.45, 2.75) is 6.18 Å². The van der Waals surface area contributed by atoms with Crippen LogP contribution in [0.3, 0.4) is 0 Å². The highest BCUT2D eigenvalue weighted by Gasteiger charge is 2.30. The molecular formula is C21H17F3N4O2S. The van der Waals surface area contributed by atoms with Crippen LogP contribution < -0.4 is 16.0 Å². The van der Waals surface area contributed by atoms with Crippen LogP contribution in [0.15, 0.2) is 66.6 Å². The Morgan fingerprint density at radius 1 is 1.06 bits per heavy atom. The quantitative estimate of drug-likeness (QED) is 0.444. The number of nitrogens with one attached hydrogen (secondary N) is 3. The van der Waals surface area contributed by atoms with Crippen molar-refractivity contribution in [1.82, 2.24) is 10.3 Å². The minimum absolute atomic E-state index is 0.0865. The van der Waals surface area contributed by atoms with Crippen LogP contribution in [-0.2, 0) is 6.18 Å². The molecule has 160 valence electrons. The maximum atomic E-state index is 12.9. The molecule has 6 nitrogen and oxygen atoms in total. The highest BCUT2D eigenvalue weighted by molar-refractivity contribution is 7.13. The predicted molar refractivity (Wildman–Crippen MR) is 114 cm³/mol. The molecule has 0 saturated carbocycles. The zero-order valence-corrected chi connectivity index (χ0v) is 16.8. The van der Waals surface area contributed by atoms with Gasteiger partial charge in [0, 0.05) is 28.9 Å². The van der Waals surface area contributed by atoms with E-state index < -0.39 is 17.6 Å². The van der Waals surface area contributed by atoms with Crippen molar-refractivity contribution in [2.75, 3.05) is 17.2 Å². The van der Waals surface area contributed by atoms with E-state index in [1.165, 1.54) is 17.5 Å². The van der Waals surface area contributed by atoms with Crippen LogP contribution in [-0.4, -0.2) is 23.5 Å². The molecule has 1 heterocycles. The summed E-state index contributed by atoms with van der Waals surface area (Å²) in [6, 6.07) is 10.8. The Hall–Kier alpha value is -3.66. The molecule has 1 aromatic heterocycles. The molecule has 0 bridgehead atoms. The third-order valence-corrected chi connectivity index (χ3v) is 4.87. The average molecular weight is 446 g/mol. The zero-order valence-electron chi connectivity index (χ0n) is 16.0. The van der Waals surface area contributed by atoms with Crippen LogP contribution in [0.2, 0.25) is 0 Å². The smallest absolute Gasteiger partial charge is 0.334 e. The van der Waals surface area contributed by atoms with Gasteiger partial charge in [-0.2, -0.15) is 13.2 Å². The molecule has 0 fully saturated rings. The van der Waals surface area contributed by atoms with Gasteiger partial charge in [0.15, 0.2) is 0 Å². The van der Waals surface area contributed by atoms with Crippen molar-refractivity contribution in [3.05, 3.63) is 77.8 Å². The lowest BCUT2D eigenvalue weighted by Gasteiger charge is -2.08. The number of thiazole rings is 1. The van der Waals surface area contributed by atoms with E-state index in [0.717, 1.165) is 23.5 Å². The standard InChI is InChI=1S/C21H17F3N4O2S/c1-2-10-25-20(30)27-16-8-6-15(7-9-16)26-18(29)17-12-31-19(28-17)13-4-3-5-14(11-13)21(22,23)24/h2-9,11-12H,1,10H2,(H,26,29)(H2,25,27,30). The van der Waals surface area contributed by atoms with E-state index in [-0.39, 0.29) is 17.3 Å². The highest BCUT2D eigenvalue weighted by Crippen LogP contribution is 2.33. The van der Waals surface area contributed by atoms with Crippen LogP contribution in [0.5, 0.6) is 0 Å². The molecule has 0 aliphatic rings. The molecule has 31 heavy (non-hydrogen) atoms. The van der Waals surface area contributed by atoms with E-state index in [9.17, 15) is 22.8 Å². The molecule has 0 radical (unpaired) electrons. The number of carbonyl (C=O) groups excluding carboxylic acids is 2. The number of urea groups is 1. The Morgan fingerprint density at radius 2 is 1.74 bits per heavy atom. The van der Waals surface area contributed by atoms with Gasteiger partial charge < -0.3 is 16.0 Å². The van der Waals surface area contributed by atoms with Crippen LogP contribution >= 0.6 is 11.3 Å². The summed E-state index contributed by atoms with van der Waals surface area (Å²) < 4.78 is 38.7. The average Bonchev–Trinajstić information content (AvgIpc) is 3.24. The van der Waals surface area contributed by atoms with E-state index in [1.54, 1.807) is 30.3 Å². The zero-order chi connectivity index (χ0) is 22.4. The van der Waals surface area contributed by atoms with Crippen molar-refractivity contribution >= 4 is 34.6 Å². The fraction of sp³-hybridized carbons (Fsp3) is 0.0952. The first-order valence-electron chi connectivity index (χ1n) is 8.96. The molecule has 0 aliphatic carbocycles. The second-order valence-corrected chi connectivity index (χ2v) is 7.13. The number of amides is 3. The van der Waals surface area contributed by atoms with E-state index in [1.807, 2.05) is 0 Å². The maximum Gasteiger partial charge on any atom is 0.416 e. The largest absolute Gasteiger partial charge is 0.416 e. The summed E-state index contributed by atoms with van der Waals surface area (Å²) in [7, 11) is 0. The number of carbonyl (C=O) groups is 2.